The quantitative estimate of drug-likeness (QED) is 0.767. The summed E-state index contributed by atoms with van der Waals surface area (Å²) in [5, 5.41) is 3.52. The maximum absolute atomic E-state index is 13.0. The third-order valence-electron chi connectivity index (χ3n) is 4.64. The summed E-state index contributed by atoms with van der Waals surface area (Å²) in [6.45, 7) is 2.96. The molecule has 0 atom stereocenters. The molecule has 0 radical (unpaired) electrons. The molecule has 1 fully saturated rings. The Morgan fingerprint density at radius 3 is 2.58 bits per heavy atom. The number of nitrogens with zero attached hydrogens (tertiary/aromatic N) is 2. The van der Waals surface area contributed by atoms with E-state index >= 15 is 0 Å². The molecular weight excluding hydrogens is 303 g/mol. The molecule has 24 heavy (non-hydrogen) atoms. The molecule has 0 unspecified atom stereocenters. The lowest BCUT2D eigenvalue weighted by molar-refractivity contribution is 0.211. The van der Waals surface area contributed by atoms with Crippen molar-refractivity contribution in [3.63, 3.8) is 0 Å². The number of para-hydroxylation sites is 2. The van der Waals surface area contributed by atoms with E-state index in [9.17, 15) is 4.39 Å². The zero-order valence-electron chi connectivity index (χ0n) is 13.5. The summed E-state index contributed by atoms with van der Waals surface area (Å²) >= 11 is 0. The summed E-state index contributed by atoms with van der Waals surface area (Å²) in [6, 6.07) is 15.3. The number of nitrogens with one attached hydrogen (secondary N) is 2. The highest BCUT2D eigenvalue weighted by atomic mass is 19.1. The van der Waals surface area contributed by atoms with Crippen molar-refractivity contribution in [2.75, 3.05) is 18.4 Å². The standard InChI is InChI=1S/C19H21FN4/c20-15-7-5-14(6-8-15)13-24-11-9-16(10-12-24)21-19-22-17-3-1-2-4-18(17)23-19/h1-8,16H,9-13H2,(H2,21,22,23). The molecule has 2 heterocycles. The minimum Gasteiger partial charge on any atom is -0.353 e. The lowest BCUT2D eigenvalue weighted by Crippen LogP contribution is -2.38. The van der Waals surface area contributed by atoms with Crippen LogP contribution in [0.1, 0.15) is 18.4 Å². The molecule has 4 rings (SSSR count). The predicted octanol–water partition coefficient (Wildman–Crippen LogP) is 3.78. The number of hydrogen-bond donors (Lipinski definition) is 2. The van der Waals surface area contributed by atoms with Crippen LogP contribution in [0.5, 0.6) is 0 Å². The first-order chi connectivity index (χ1) is 11.8. The Morgan fingerprint density at radius 2 is 1.83 bits per heavy atom. The van der Waals surface area contributed by atoms with Gasteiger partial charge in [0.1, 0.15) is 5.82 Å². The number of halogens is 1. The lowest BCUT2D eigenvalue weighted by Gasteiger charge is -2.32. The van der Waals surface area contributed by atoms with E-state index in [2.05, 4.69) is 20.2 Å². The van der Waals surface area contributed by atoms with Crippen molar-refractivity contribution in [2.24, 2.45) is 0 Å². The van der Waals surface area contributed by atoms with E-state index in [1.165, 1.54) is 17.7 Å². The number of benzene rings is 2. The minimum absolute atomic E-state index is 0.174. The van der Waals surface area contributed by atoms with Crippen molar-refractivity contribution in [3.8, 4) is 0 Å². The van der Waals surface area contributed by atoms with Crippen LogP contribution in [0.25, 0.3) is 11.0 Å². The predicted molar refractivity (Wildman–Crippen MR) is 94.4 cm³/mol. The van der Waals surface area contributed by atoms with Gasteiger partial charge in [-0.05, 0) is 42.7 Å². The molecule has 1 aromatic heterocycles. The van der Waals surface area contributed by atoms with Gasteiger partial charge >= 0.3 is 0 Å². The number of anilines is 1. The van der Waals surface area contributed by atoms with Gasteiger partial charge < -0.3 is 10.3 Å². The number of fused-ring (bicyclic) bond motifs is 1. The molecule has 0 bridgehead atoms. The lowest BCUT2D eigenvalue weighted by atomic mass is 10.0. The number of likely N-dealkylation sites (tertiary alicyclic amines) is 1. The van der Waals surface area contributed by atoms with E-state index in [0.29, 0.717) is 6.04 Å². The average molecular weight is 324 g/mol. The van der Waals surface area contributed by atoms with Crippen LogP contribution in [0.3, 0.4) is 0 Å². The molecule has 0 spiro atoms. The van der Waals surface area contributed by atoms with Gasteiger partial charge in [0.25, 0.3) is 0 Å². The molecule has 1 aliphatic rings. The van der Waals surface area contributed by atoms with Gasteiger partial charge in [-0.15, -0.1) is 0 Å². The zero-order valence-corrected chi connectivity index (χ0v) is 13.5. The van der Waals surface area contributed by atoms with E-state index in [1.807, 2.05) is 36.4 Å². The Bertz CT molecular complexity index is 771. The third kappa shape index (κ3) is 3.41. The second kappa shape index (κ2) is 6.61. The summed E-state index contributed by atoms with van der Waals surface area (Å²) in [5.74, 6) is 0.681. The number of aromatic amines is 1. The van der Waals surface area contributed by atoms with Crippen molar-refractivity contribution in [3.05, 3.63) is 59.9 Å². The normalized spacial score (nSPS) is 16.5. The van der Waals surface area contributed by atoms with Gasteiger partial charge in [-0.2, -0.15) is 0 Å². The van der Waals surface area contributed by atoms with Crippen molar-refractivity contribution in [1.29, 1.82) is 0 Å². The summed E-state index contributed by atoms with van der Waals surface area (Å²) in [5.41, 5.74) is 3.22. The Morgan fingerprint density at radius 1 is 1.08 bits per heavy atom. The molecular formula is C19H21FN4. The number of piperidine rings is 1. The highest BCUT2D eigenvalue weighted by Gasteiger charge is 2.20. The topological polar surface area (TPSA) is 44.0 Å². The smallest absolute Gasteiger partial charge is 0.201 e. The van der Waals surface area contributed by atoms with Crippen LogP contribution in [-0.4, -0.2) is 34.0 Å². The van der Waals surface area contributed by atoms with Gasteiger partial charge in [0, 0.05) is 25.7 Å². The first kappa shape index (κ1) is 15.1. The molecule has 0 amide bonds. The first-order valence-corrected chi connectivity index (χ1v) is 8.44. The molecule has 0 aliphatic carbocycles. The number of rotatable bonds is 4. The summed E-state index contributed by atoms with van der Waals surface area (Å²) in [6.07, 6.45) is 2.16. The SMILES string of the molecule is Fc1ccc(CN2CCC(Nc3nc4ccccc4[nH]3)CC2)cc1. The molecule has 2 aromatic carbocycles. The highest BCUT2D eigenvalue weighted by Crippen LogP contribution is 2.19. The fraction of sp³-hybridized carbons (Fsp3) is 0.316. The molecule has 1 aliphatic heterocycles. The molecule has 124 valence electrons. The Hall–Kier alpha value is -2.40. The molecule has 2 N–H and O–H groups in total. The van der Waals surface area contributed by atoms with Crippen LogP contribution >= 0.6 is 0 Å². The van der Waals surface area contributed by atoms with Crippen molar-refractivity contribution in [2.45, 2.75) is 25.4 Å². The van der Waals surface area contributed by atoms with E-state index < -0.39 is 0 Å². The van der Waals surface area contributed by atoms with Crippen molar-refractivity contribution < 1.29 is 4.39 Å². The third-order valence-corrected chi connectivity index (χ3v) is 4.64. The number of aromatic nitrogens is 2. The number of H-pyrrole nitrogens is 1. The second-order valence-electron chi connectivity index (χ2n) is 6.42. The van der Waals surface area contributed by atoms with E-state index in [4.69, 9.17) is 0 Å². The van der Waals surface area contributed by atoms with Gasteiger partial charge in [-0.1, -0.05) is 24.3 Å². The van der Waals surface area contributed by atoms with Crippen molar-refractivity contribution in [1.82, 2.24) is 14.9 Å². The average Bonchev–Trinajstić information content (AvgIpc) is 3.01. The molecule has 3 aromatic rings. The van der Waals surface area contributed by atoms with Gasteiger partial charge in [0.05, 0.1) is 11.0 Å². The van der Waals surface area contributed by atoms with E-state index in [1.54, 1.807) is 0 Å². The molecule has 0 saturated carbocycles. The van der Waals surface area contributed by atoms with E-state index in [-0.39, 0.29) is 5.82 Å². The van der Waals surface area contributed by atoms with E-state index in [0.717, 1.165) is 49.5 Å². The van der Waals surface area contributed by atoms with Crippen LogP contribution < -0.4 is 5.32 Å². The Labute approximate surface area is 140 Å². The van der Waals surface area contributed by atoms with Crippen LogP contribution in [-0.2, 0) is 6.54 Å². The maximum atomic E-state index is 13.0. The fourth-order valence-electron chi connectivity index (χ4n) is 3.30. The summed E-state index contributed by atoms with van der Waals surface area (Å²) in [4.78, 5) is 10.3. The highest BCUT2D eigenvalue weighted by molar-refractivity contribution is 5.77. The molecule has 1 saturated heterocycles. The summed E-state index contributed by atoms with van der Waals surface area (Å²) < 4.78 is 13.0. The van der Waals surface area contributed by atoms with Crippen LogP contribution in [0.4, 0.5) is 10.3 Å². The van der Waals surface area contributed by atoms with Crippen LogP contribution in [0.2, 0.25) is 0 Å². The van der Waals surface area contributed by atoms with Gasteiger partial charge in [0.2, 0.25) is 5.95 Å². The van der Waals surface area contributed by atoms with Crippen LogP contribution in [0, 0.1) is 5.82 Å². The minimum atomic E-state index is -0.174. The van der Waals surface area contributed by atoms with Gasteiger partial charge in [0.15, 0.2) is 0 Å². The molecule has 4 nitrogen and oxygen atoms in total. The van der Waals surface area contributed by atoms with Crippen LogP contribution in [0.15, 0.2) is 48.5 Å². The molecule has 5 heteroatoms. The zero-order chi connectivity index (χ0) is 16.4. The Balaban J connectivity index is 1.31. The van der Waals surface area contributed by atoms with Gasteiger partial charge in [-0.3, -0.25) is 4.90 Å². The fourth-order valence-corrected chi connectivity index (χ4v) is 3.30. The Kier molecular flexibility index (Phi) is 4.17. The number of hydrogen-bond acceptors (Lipinski definition) is 3. The van der Waals surface area contributed by atoms with Gasteiger partial charge in [-0.25, -0.2) is 9.37 Å². The monoisotopic (exact) mass is 324 g/mol. The second-order valence-corrected chi connectivity index (χ2v) is 6.42. The maximum Gasteiger partial charge on any atom is 0.201 e. The number of imidazole rings is 1. The first-order valence-electron chi connectivity index (χ1n) is 8.44. The summed E-state index contributed by atoms with van der Waals surface area (Å²) in [7, 11) is 0. The van der Waals surface area contributed by atoms with Crippen molar-refractivity contribution >= 4 is 17.0 Å². The largest absolute Gasteiger partial charge is 0.353 e.